The van der Waals surface area contributed by atoms with Crippen LogP contribution in [0.5, 0.6) is 0 Å². The van der Waals surface area contributed by atoms with Crippen molar-refractivity contribution in [2.75, 3.05) is 17.4 Å². The second-order valence-electron chi connectivity index (χ2n) is 10.5. The van der Waals surface area contributed by atoms with Gasteiger partial charge in [0, 0.05) is 24.5 Å². The molecule has 1 atom stereocenters. The number of benzene rings is 4. The molecule has 230 valence electrons. The third kappa shape index (κ3) is 8.00. The minimum absolute atomic E-state index is 0.0121. The predicted octanol–water partition coefficient (Wildman–Crippen LogP) is 6.58. The average molecular weight is 653 g/mol. The standard InChI is InChI=1S/C34H35Cl2N3O4S/c1-4-37-34(41)32(20-26-11-6-5-7-12-26)38(22-27-13-9-8-10-25(27)3)33(40)23-39(31-21-28(35)16-19-30(31)36)44(42,43)29-17-14-24(2)15-18-29/h5-19,21,32H,4,20,22-23H2,1-3H3,(H,37,41)/t32-/m0/s1. The van der Waals surface area contributed by atoms with E-state index in [9.17, 15) is 18.0 Å². The molecule has 0 radical (unpaired) electrons. The van der Waals surface area contributed by atoms with E-state index in [4.69, 9.17) is 23.2 Å². The number of likely N-dealkylation sites (N-methyl/N-ethyl adjacent to an activating group) is 1. The fourth-order valence-electron chi connectivity index (χ4n) is 4.84. The molecule has 4 aromatic rings. The van der Waals surface area contributed by atoms with Gasteiger partial charge in [0.1, 0.15) is 12.6 Å². The van der Waals surface area contributed by atoms with Crippen LogP contribution in [0.4, 0.5) is 5.69 Å². The summed E-state index contributed by atoms with van der Waals surface area (Å²) >= 11 is 12.8. The number of carbonyl (C=O) groups excluding carboxylic acids is 2. The van der Waals surface area contributed by atoms with Crippen LogP contribution in [-0.4, -0.2) is 44.3 Å². The summed E-state index contributed by atoms with van der Waals surface area (Å²) in [6.45, 7) is 5.42. The van der Waals surface area contributed by atoms with Crippen molar-refractivity contribution in [2.24, 2.45) is 0 Å². The fraction of sp³-hybridized carbons (Fsp3) is 0.235. The Kier molecular flexibility index (Phi) is 11.1. The summed E-state index contributed by atoms with van der Waals surface area (Å²) in [5, 5.41) is 3.22. The summed E-state index contributed by atoms with van der Waals surface area (Å²) in [6, 6.07) is 26.8. The van der Waals surface area contributed by atoms with Crippen LogP contribution >= 0.6 is 23.2 Å². The van der Waals surface area contributed by atoms with E-state index in [1.807, 2.05) is 75.4 Å². The lowest BCUT2D eigenvalue weighted by atomic mass is 10.0. The quantitative estimate of drug-likeness (QED) is 0.187. The van der Waals surface area contributed by atoms with E-state index in [-0.39, 0.29) is 39.5 Å². The Morgan fingerprint density at radius 1 is 0.864 bits per heavy atom. The van der Waals surface area contributed by atoms with Crippen LogP contribution in [0, 0.1) is 13.8 Å². The zero-order valence-electron chi connectivity index (χ0n) is 24.8. The Hall–Kier alpha value is -3.85. The largest absolute Gasteiger partial charge is 0.355 e. The Bertz CT molecular complexity index is 1710. The number of anilines is 1. The molecule has 0 fully saturated rings. The first kappa shape index (κ1) is 33.1. The van der Waals surface area contributed by atoms with E-state index in [0.29, 0.717) is 6.54 Å². The number of nitrogens with one attached hydrogen (secondary N) is 1. The van der Waals surface area contributed by atoms with Gasteiger partial charge in [-0.05, 0) is 67.8 Å². The average Bonchev–Trinajstić information content (AvgIpc) is 3.00. The minimum atomic E-state index is -4.29. The molecule has 0 bridgehead atoms. The van der Waals surface area contributed by atoms with Crippen molar-refractivity contribution in [1.29, 1.82) is 0 Å². The second kappa shape index (κ2) is 14.8. The maximum atomic E-state index is 14.5. The van der Waals surface area contributed by atoms with E-state index in [0.717, 1.165) is 26.6 Å². The third-order valence-corrected chi connectivity index (χ3v) is 9.62. The van der Waals surface area contributed by atoms with Crippen molar-refractivity contribution in [3.05, 3.63) is 129 Å². The van der Waals surface area contributed by atoms with E-state index in [1.165, 1.54) is 29.2 Å². The first-order chi connectivity index (χ1) is 21.0. The smallest absolute Gasteiger partial charge is 0.264 e. The Labute approximate surface area is 269 Å². The van der Waals surface area contributed by atoms with Crippen LogP contribution in [0.1, 0.15) is 29.2 Å². The topological polar surface area (TPSA) is 86.8 Å². The molecule has 44 heavy (non-hydrogen) atoms. The van der Waals surface area contributed by atoms with Gasteiger partial charge in [-0.15, -0.1) is 0 Å². The van der Waals surface area contributed by atoms with Gasteiger partial charge in [-0.2, -0.15) is 0 Å². The molecule has 0 unspecified atom stereocenters. The zero-order valence-corrected chi connectivity index (χ0v) is 27.2. The van der Waals surface area contributed by atoms with E-state index < -0.39 is 28.5 Å². The van der Waals surface area contributed by atoms with Gasteiger partial charge < -0.3 is 10.2 Å². The molecular weight excluding hydrogens is 617 g/mol. The second-order valence-corrected chi connectivity index (χ2v) is 13.2. The molecule has 0 aliphatic carbocycles. The van der Waals surface area contributed by atoms with Gasteiger partial charge >= 0.3 is 0 Å². The van der Waals surface area contributed by atoms with E-state index in [2.05, 4.69) is 5.32 Å². The summed E-state index contributed by atoms with van der Waals surface area (Å²) in [5.74, 6) is -0.917. The minimum Gasteiger partial charge on any atom is -0.355 e. The van der Waals surface area contributed by atoms with E-state index in [1.54, 1.807) is 18.2 Å². The van der Waals surface area contributed by atoms with Crippen molar-refractivity contribution in [3.63, 3.8) is 0 Å². The molecule has 0 aliphatic rings. The number of rotatable bonds is 12. The van der Waals surface area contributed by atoms with Crippen molar-refractivity contribution in [2.45, 2.75) is 44.7 Å². The number of sulfonamides is 1. The van der Waals surface area contributed by atoms with Gasteiger partial charge in [0.2, 0.25) is 11.8 Å². The normalized spacial score (nSPS) is 11.9. The molecule has 0 spiro atoms. The van der Waals surface area contributed by atoms with Gasteiger partial charge in [0.25, 0.3) is 10.0 Å². The number of amides is 2. The zero-order chi connectivity index (χ0) is 31.9. The molecule has 7 nitrogen and oxygen atoms in total. The van der Waals surface area contributed by atoms with Crippen LogP contribution in [-0.2, 0) is 32.6 Å². The van der Waals surface area contributed by atoms with Crippen molar-refractivity contribution >= 4 is 50.7 Å². The van der Waals surface area contributed by atoms with Gasteiger partial charge in [0.15, 0.2) is 0 Å². The fourth-order valence-corrected chi connectivity index (χ4v) is 6.71. The first-order valence-corrected chi connectivity index (χ1v) is 16.4. The Morgan fingerprint density at radius 2 is 1.52 bits per heavy atom. The van der Waals surface area contributed by atoms with Crippen LogP contribution in [0.2, 0.25) is 10.0 Å². The van der Waals surface area contributed by atoms with Crippen molar-refractivity contribution in [1.82, 2.24) is 10.2 Å². The Morgan fingerprint density at radius 3 is 2.18 bits per heavy atom. The number of carbonyl (C=O) groups is 2. The maximum Gasteiger partial charge on any atom is 0.264 e. The van der Waals surface area contributed by atoms with Gasteiger partial charge in [-0.25, -0.2) is 8.42 Å². The van der Waals surface area contributed by atoms with Crippen LogP contribution in [0.25, 0.3) is 0 Å². The monoisotopic (exact) mass is 651 g/mol. The van der Waals surface area contributed by atoms with Gasteiger partial charge in [-0.1, -0.05) is 95.5 Å². The van der Waals surface area contributed by atoms with Crippen molar-refractivity contribution < 1.29 is 18.0 Å². The highest BCUT2D eigenvalue weighted by atomic mass is 35.5. The molecule has 0 heterocycles. The van der Waals surface area contributed by atoms with Gasteiger partial charge in [0.05, 0.1) is 15.6 Å². The number of halogens is 2. The SMILES string of the molecule is CCNC(=O)[C@H](Cc1ccccc1)N(Cc1ccccc1C)C(=O)CN(c1cc(Cl)ccc1Cl)S(=O)(=O)c1ccc(C)cc1. The highest BCUT2D eigenvalue weighted by Gasteiger charge is 2.35. The molecular formula is C34H35Cl2N3O4S. The molecule has 1 N–H and O–H groups in total. The lowest BCUT2D eigenvalue weighted by Gasteiger charge is -2.34. The molecule has 0 aromatic heterocycles. The first-order valence-electron chi connectivity index (χ1n) is 14.2. The predicted molar refractivity (Wildman–Crippen MR) is 177 cm³/mol. The molecule has 0 aliphatic heterocycles. The lowest BCUT2D eigenvalue weighted by Crippen LogP contribution is -2.53. The maximum absolute atomic E-state index is 14.5. The molecule has 4 aromatic carbocycles. The molecule has 0 saturated carbocycles. The lowest BCUT2D eigenvalue weighted by molar-refractivity contribution is -0.140. The summed E-state index contributed by atoms with van der Waals surface area (Å²) in [6.07, 6.45) is 0.229. The summed E-state index contributed by atoms with van der Waals surface area (Å²) in [7, 11) is -4.29. The van der Waals surface area contributed by atoms with Gasteiger partial charge in [-0.3, -0.25) is 13.9 Å². The highest BCUT2D eigenvalue weighted by Crippen LogP contribution is 2.33. The number of hydrogen-bond acceptors (Lipinski definition) is 4. The number of hydrogen-bond donors (Lipinski definition) is 1. The number of aryl methyl sites for hydroxylation is 2. The summed E-state index contributed by atoms with van der Waals surface area (Å²) in [4.78, 5) is 29.5. The van der Waals surface area contributed by atoms with E-state index >= 15 is 0 Å². The highest BCUT2D eigenvalue weighted by molar-refractivity contribution is 7.92. The molecule has 4 rings (SSSR count). The Balaban J connectivity index is 1.83. The molecule has 0 saturated heterocycles. The third-order valence-electron chi connectivity index (χ3n) is 7.29. The van der Waals surface area contributed by atoms with Crippen LogP contribution in [0.15, 0.2) is 102 Å². The summed E-state index contributed by atoms with van der Waals surface area (Å²) in [5.41, 5.74) is 3.55. The van der Waals surface area contributed by atoms with Crippen LogP contribution < -0.4 is 9.62 Å². The van der Waals surface area contributed by atoms with Crippen molar-refractivity contribution in [3.8, 4) is 0 Å². The molecule has 10 heteroatoms. The van der Waals surface area contributed by atoms with Crippen LogP contribution in [0.3, 0.4) is 0 Å². The number of nitrogens with zero attached hydrogens (tertiary/aromatic N) is 2. The molecule has 2 amide bonds. The summed E-state index contributed by atoms with van der Waals surface area (Å²) < 4.78 is 29.3.